The molecule has 0 aliphatic carbocycles. The summed E-state index contributed by atoms with van der Waals surface area (Å²) in [6, 6.07) is 12.9. The number of halogens is 1. The summed E-state index contributed by atoms with van der Waals surface area (Å²) in [5.41, 5.74) is 0.152. The minimum absolute atomic E-state index is 0.0501. The lowest BCUT2D eigenvalue weighted by molar-refractivity contribution is -0.116. The highest BCUT2D eigenvalue weighted by molar-refractivity contribution is 5.90. The van der Waals surface area contributed by atoms with Crippen LogP contribution < -0.4 is 16.6 Å². The summed E-state index contributed by atoms with van der Waals surface area (Å²) in [6.07, 6.45) is 0.0122. The Morgan fingerprint density at radius 2 is 1.85 bits per heavy atom. The summed E-state index contributed by atoms with van der Waals surface area (Å²) in [7, 11) is 0. The molecule has 0 radical (unpaired) electrons. The fraction of sp³-hybridized carbons (Fsp3) is 0.217. The molecule has 1 N–H and O–H groups in total. The van der Waals surface area contributed by atoms with Gasteiger partial charge in [-0.1, -0.05) is 35.0 Å². The van der Waals surface area contributed by atoms with E-state index in [4.69, 9.17) is 4.52 Å². The maximum Gasteiger partial charge on any atom is 0.352 e. The first-order chi connectivity index (χ1) is 16.4. The molecule has 0 atom stereocenters. The van der Waals surface area contributed by atoms with Crippen molar-refractivity contribution in [3.63, 3.8) is 0 Å². The molecule has 0 aliphatic heterocycles. The number of benzene rings is 2. The zero-order valence-electron chi connectivity index (χ0n) is 18.5. The average molecular weight is 464 g/mol. The number of aromatic nitrogens is 5. The first-order valence-electron chi connectivity index (χ1n) is 10.6. The van der Waals surface area contributed by atoms with Gasteiger partial charge in [-0.3, -0.25) is 14.2 Å². The molecule has 2 aromatic heterocycles. The SMILES string of the molecule is CCn1c(=O)c(-c2noc(CCC(=O)Nc3ccccc3F)n2)nn(-c2ccc(C)cc2)c1=O. The van der Waals surface area contributed by atoms with Crippen LogP contribution in [-0.2, 0) is 17.8 Å². The Balaban J connectivity index is 1.58. The van der Waals surface area contributed by atoms with E-state index in [0.717, 1.165) is 14.8 Å². The topological polar surface area (TPSA) is 125 Å². The van der Waals surface area contributed by atoms with E-state index >= 15 is 0 Å². The molecule has 0 bridgehead atoms. The number of anilines is 1. The second-order valence-corrected chi connectivity index (χ2v) is 7.47. The van der Waals surface area contributed by atoms with E-state index in [1.54, 1.807) is 25.1 Å². The summed E-state index contributed by atoms with van der Waals surface area (Å²) >= 11 is 0. The van der Waals surface area contributed by atoms with Gasteiger partial charge in [0.25, 0.3) is 5.56 Å². The van der Waals surface area contributed by atoms with E-state index in [2.05, 4.69) is 20.6 Å². The Bertz CT molecular complexity index is 1460. The predicted octanol–water partition coefficient (Wildman–Crippen LogP) is 2.48. The van der Waals surface area contributed by atoms with Crippen LogP contribution in [0.5, 0.6) is 0 Å². The molecule has 0 saturated heterocycles. The van der Waals surface area contributed by atoms with Gasteiger partial charge >= 0.3 is 5.69 Å². The number of nitrogens with zero attached hydrogens (tertiary/aromatic N) is 5. The molecule has 11 heteroatoms. The molecule has 0 spiro atoms. The van der Waals surface area contributed by atoms with Crippen molar-refractivity contribution in [3.05, 3.63) is 86.6 Å². The minimum atomic E-state index is -0.652. The molecule has 0 unspecified atom stereocenters. The third kappa shape index (κ3) is 4.68. The van der Waals surface area contributed by atoms with Crippen molar-refractivity contribution in [1.29, 1.82) is 0 Å². The van der Waals surface area contributed by atoms with E-state index in [9.17, 15) is 18.8 Å². The molecule has 1 amide bonds. The predicted molar refractivity (Wildman–Crippen MR) is 121 cm³/mol. The van der Waals surface area contributed by atoms with Crippen LogP contribution in [0.4, 0.5) is 10.1 Å². The van der Waals surface area contributed by atoms with E-state index in [-0.39, 0.29) is 42.5 Å². The van der Waals surface area contributed by atoms with Crippen LogP contribution in [0.15, 0.2) is 62.6 Å². The van der Waals surface area contributed by atoms with Crippen LogP contribution in [0.25, 0.3) is 17.2 Å². The Kier molecular flexibility index (Phi) is 6.44. The number of aryl methyl sites for hydroxylation is 2. The molecule has 174 valence electrons. The molecule has 0 fully saturated rings. The van der Waals surface area contributed by atoms with Crippen molar-refractivity contribution in [1.82, 2.24) is 24.5 Å². The fourth-order valence-corrected chi connectivity index (χ4v) is 3.24. The number of hydrogen-bond donors (Lipinski definition) is 1. The van der Waals surface area contributed by atoms with Crippen molar-refractivity contribution in [2.45, 2.75) is 33.2 Å². The zero-order valence-corrected chi connectivity index (χ0v) is 18.5. The number of carbonyl (C=O) groups excluding carboxylic acids is 1. The van der Waals surface area contributed by atoms with Gasteiger partial charge in [-0.15, -0.1) is 0 Å². The zero-order chi connectivity index (χ0) is 24.2. The van der Waals surface area contributed by atoms with Gasteiger partial charge in [-0.25, -0.2) is 9.18 Å². The maximum absolute atomic E-state index is 13.7. The van der Waals surface area contributed by atoms with Gasteiger partial charge in [0.2, 0.25) is 17.6 Å². The van der Waals surface area contributed by atoms with Crippen LogP contribution in [-0.4, -0.2) is 30.4 Å². The molecule has 2 heterocycles. The molecule has 2 aromatic carbocycles. The van der Waals surface area contributed by atoms with Crippen molar-refractivity contribution >= 4 is 11.6 Å². The van der Waals surface area contributed by atoms with Gasteiger partial charge in [0.15, 0.2) is 5.69 Å². The largest absolute Gasteiger partial charge is 0.352 e. The van der Waals surface area contributed by atoms with Crippen LogP contribution in [0, 0.1) is 12.7 Å². The Morgan fingerprint density at radius 1 is 1.12 bits per heavy atom. The molecule has 4 aromatic rings. The normalized spacial score (nSPS) is 10.9. The number of para-hydroxylation sites is 1. The minimum Gasteiger partial charge on any atom is -0.339 e. The average Bonchev–Trinajstić information content (AvgIpc) is 3.29. The third-order valence-electron chi connectivity index (χ3n) is 5.05. The lowest BCUT2D eigenvalue weighted by Gasteiger charge is -2.09. The van der Waals surface area contributed by atoms with Crippen LogP contribution in [0.2, 0.25) is 0 Å². The number of amides is 1. The summed E-state index contributed by atoms with van der Waals surface area (Å²) < 4.78 is 21.0. The van der Waals surface area contributed by atoms with Gasteiger partial charge in [0.1, 0.15) is 5.82 Å². The monoisotopic (exact) mass is 464 g/mol. The van der Waals surface area contributed by atoms with Crippen molar-refractivity contribution in [3.8, 4) is 17.2 Å². The highest BCUT2D eigenvalue weighted by Gasteiger charge is 2.20. The van der Waals surface area contributed by atoms with Crippen LogP contribution in [0.1, 0.15) is 24.8 Å². The van der Waals surface area contributed by atoms with E-state index in [1.807, 2.05) is 19.1 Å². The van der Waals surface area contributed by atoms with E-state index in [0.29, 0.717) is 5.69 Å². The van der Waals surface area contributed by atoms with Gasteiger partial charge < -0.3 is 9.84 Å². The fourth-order valence-electron chi connectivity index (χ4n) is 3.24. The lowest BCUT2D eigenvalue weighted by Crippen LogP contribution is -2.41. The summed E-state index contributed by atoms with van der Waals surface area (Å²) in [4.78, 5) is 41.9. The molecule has 4 rings (SSSR count). The summed E-state index contributed by atoms with van der Waals surface area (Å²) in [6.45, 7) is 3.71. The smallest absolute Gasteiger partial charge is 0.339 e. The first kappa shape index (κ1) is 22.8. The Hall–Kier alpha value is -4.41. The molecular formula is C23H21FN6O4. The van der Waals surface area contributed by atoms with Gasteiger partial charge in [-0.2, -0.15) is 14.8 Å². The summed E-state index contributed by atoms with van der Waals surface area (Å²) in [5.74, 6) is -0.990. The van der Waals surface area contributed by atoms with E-state index < -0.39 is 23.0 Å². The second-order valence-electron chi connectivity index (χ2n) is 7.47. The number of nitrogens with one attached hydrogen (secondary N) is 1. The molecule has 0 saturated carbocycles. The second kappa shape index (κ2) is 9.61. The quantitative estimate of drug-likeness (QED) is 0.445. The first-order valence-corrected chi connectivity index (χ1v) is 10.6. The van der Waals surface area contributed by atoms with Crippen molar-refractivity contribution < 1.29 is 13.7 Å². The Labute approximate surface area is 192 Å². The highest BCUT2D eigenvalue weighted by Crippen LogP contribution is 2.14. The number of rotatable bonds is 7. The summed E-state index contributed by atoms with van der Waals surface area (Å²) in [5, 5.41) is 10.5. The van der Waals surface area contributed by atoms with Crippen molar-refractivity contribution in [2.24, 2.45) is 0 Å². The molecular weight excluding hydrogens is 443 g/mol. The van der Waals surface area contributed by atoms with Crippen LogP contribution >= 0.6 is 0 Å². The van der Waals surface area contributed by atoms with Crippen LogP contribution in [0.3, 0.4) is 0 Å². The molecule has 10 nitrogen and oxygen atoms in total. The number of carbonyl (C=O) groups is 1. The van der Waals surface area contributed by atoms with Gasteiger partial charge in [-0.05, 0) is 38.1 Å². The third-order valence-corrected chi connectivity index (χ3v) is 5.05. The maximum atomic E-state index is 13.7. The number of hydrogen-bond acceptors (Lipinski definition) is 7. The van der Waals surface area contributed by atoms with Crippen molar-refractivity contribution in [2.75, 3.05) is 5.32 Å². The molecule has 0 aliphatic rings. The highest BCUT2D eigenvalue weighted by atomic mass is 19.1. The van der Waals surface area contributed by atoms with Gasteiger partial charge in [0.05, 0.1) is 11.4 Å². The Morgan fingerprint density at radius 3 is 2.56 bits per heavy atom. The lowest BCUT2D eigenvalue weighted by atomic mass is 10.2. The van der Waals surface area contributed by atoms with Gasteiger partial charge in [0, 0.05) is 19.4 Å². The standard InChI is InChI=1S/C23H21FN6O4/c1-3-29-22(32)20(27-30(23(29)33)15-10-8-14(2)9-11-15)21-26-19(34-28-21)13-12-18(31)25-17-7-5-4-6-16(17)24/h4-11H,3,12-13H2,1-2H3,(H,25,31). The van der Waals surface area contributed by atoms with E-state index in [1.165, 1.54) is 18.2 Å². The molecule has 34 heavy (non-hydrogen) atoms.